The lowest BCUT2D eigenvalue weighted by molar-refractivity contribution is -0.443. The van der Waals surface area contributed by atoms with E-state index < -0.39 is 28.5 Å². The molecule has 1 aromatic rings. The van der Waals surface area contributed by atoms with Crippen LogP contribution in [-0.4, -0.2) is 24.1 Å². The van der Waals surface area contributed by atoms with Gasteiger partial charge in [0.25, 0.3) is 0 Å². The van der Waals surface area contributed by atoms with Crippen molar-refractivity contribution in [3.8, 4) is 11.8 Å². The Bertz CT molecular complexity index is 767. The number of nitrogens with zero attached hydrogens (tertiary/aromatic N) is 2. The standard InChI is InChI=1S/C14H10F3N3O4/c1-23-13(8-18)12(20(21)22)6-5-11(19-13)9-3-2-4-10(7-9)24-14(15,16)17/h2-7,19H,1H3. The van der Waals surface area contributed by atoms with E-state index in [0.29, 0.717) is 0 Å². The molecule has 0 saturated heterocycles. The molecule has 1 aliphatic heterocycles. The van der Waals surface area contributed by atoms with E-state index in [1.54, 1.807) is 6.07 Å². The van der Waals surface area contributed by atoms with Gasteiger partial charge in [-0.3, -0.25) is 10.1 Å². The molecule has 2 rings (SSSR count). The molecule has 1 unspecified atom stereocenters. The highest BCUT2D eigenvalue weighted by atomic mass is 19.4. The first kappa shape index (κ1) is 17.3. The molecule has 0 amide bonds. The molecule has 1 aliphatic rings. The molecule has 1 atom stereocenters. The predicted octanol–water partition coefficient (Wildman–Crippen LogP) is 2.56. The van der Waals surface area contributed by atoms with Crippen LogP contribution in [0.5, 0.6) is 5.75 Å². The van der Waals surface area contributed by atoms with E-state index in [9.17, 15) is 28.5 Å². The van der Waals surface area contributed by atoms with Crippen molar-refractivity contribution in [2.24, 2.45) is 0 Å². The average molecular weight is 341 g/mol. The summed E-state index contributed by atoms with van der Waals surface area (Å²) in [5.74, 6) is -0.466. The zero-order valence-electron chi connectivity index (χ0n) is 12.1. The predicted molar refractivity (Wildman–Crippen MR) is 74.7 cm³/mol. The Kier molecular flexibility index (Phi) is 4.48. The zero-order chi connectivity index (χ0) is 18.0. The van der Waals surface area contributed by atoms with E-state index in [0.717, 1.165) is 25.3 Å². The molecule has 0 radical (unpaired) electrons. The van der Waals surface area contributed by atoms with Crippen molar-refractivity contribution in [2.75, 3.05) is 7.11 Å². The number of ether oxygens (including phenoxy) is 2. The summed E-state index contributed by atoms with van der Waals surface area (Å²) in [6.45, 7) is 0. The number of halogens is 3. The first-order chi connectivity index (χ1) is 11.2. The first-order valence-corrected chi connectivity index (χ1v) is 6.38. The summed E-state index contributed by atoms with van der Waals surface area (Å²) >= 11 is 0. The summed E-state index contributed by atoms with van der Waals surface area (Å²) < 4.78 is 45.6. The van der Waals surface area contributed by atoms with Gasteiger partial charge >= 0.3 is 17.8 Å². The van der Waals surface area contributed by atoms with Crippen molar-refractivity contribution in [3.05, 3.63) is 57.8 Å². The van der Waals surface area contributed by atoms with Crippen LogP contribution in [0.4, 0.5) is 13.2 Å². The number of hydrogen-bond donors (Lipinski definition) is 1. The Balaban J connectivity index is 2.42. The largest absolute Gasteiger partial charge is 0.573 e. The highest BCUT2D eigenvalue weighted by Gasteiger charge is 2.46. The summed E-state index contributed by atoms with van der Waals surface area (Å²) in [6.07, 6.45) is -2.54. The Labute approximate surface area is 133 Å². The van der Waals surface area contributed by atoms with Gasteiger partial charge in [0.15, 0.2) is 0 Å². The molecule has 0 fully saturated rings. The van der Waals surface area contributed by atoms with Gasteiger partial charge in [-0.1, -0.05) is 12.1 Å². The lowest BCUT2D eigenvalue weighted by atomic mass is 10.0. The van der Waals surface area contributed by atoms with Crippen LogP contribution in [0.2, 0.25) is 0 Å². The van der Waals surface area contributed by atoms with Crippen molar-refractivity contribution in [1.29, 1.82) is 5.26 Å². The minimum Gasteiger partial charge on any atom is -0.406 e. The number of nitriles is 1. The van der Waals surface area contributed by atoms with Crippen LogP contribution >= 0.6 is 0 Å². The van der Waals surface area contributed by atoms with Crippen LogP contribution in [0.1, 0.15) is 5.56 Å². The van der Waals surface area contributed by atoms with E-state index in [2.05, 4.69) is 10.1 Å². The molecule has 126 valence electrons. The number of dihydropyridines is 1. The van der Waals surface area contributed by atoms with Crippen LogP contribution < -0.4 is 10.1 Å². The summed E-state index contributed by atoms with van der Waals surface area (Å²) in [4.78, 5) is 10.3. The fourth-order valence-corrected chi connectivity index (χ4v) is 2.08. The molecule has 0 spiro atoms. The second-order valence-corrected chi connectivity index (χ2v) is 4.59. The van der Waals surface area contributed by atoms with Gasteiger partial charge in [-0.15, -0.1) is 13.2 Å². The number of nitrogens with one attached hydrogen (secondary N) is 1. The third-order valence-corrected chi connectivity index (χ3v) is 3.12. The van der Waals surface area contributed by atoms with Gasteiger partial charge in [-0.25, -0.2) is 0 Å². The van der Waals surface area contributed by atoms with Crippen molar-refractivity contribution in [3.63, 3.8) is 0 Å². The minimum atomic E-state index is -4.85. The number of alkyl halides is 3. The molecule has 7 nitrogen and oxygen atoms in total. The van der Waals surface area contributed by atoms with E-state index in [4.69, 9.17) is 4.74 Å². The number of hydrogen-bond acceptors (Lipinski definition) is 6. The lowest BCUT2D eigenvalue weighted by Gasteiger charge is -2.28. The van der Waals surface area contributed by atoms with Crippen LogP contribution in [0.15, 0.2) is 42.1 Å². The molecule has 1 N–H and O–H groups in total. The molecule has 0 saturated carbocycles. The lowest BCUT2D eigenvalue weighted by Crippen LogP contribution is -2.49. The average Bonchev–Trinajstić information content (AvgIpc) is 2.52. The summed E-state index contributed by atoms with van der Waals surface area (Å²) in [5, 5.41) is 22.8. The van der Waals surface area contributed by atoms with Gasteiger partial charge in [0.05, 0.1) is 4.92 Å². The summed E-state index contributed by atoms with van der Waals surface area (Å²) in [6, 6.07) is 6.60. The fourth-order valence-electron chi connectivity index (χ4n) is 2.08. The summed E-state index contributed by atoms with van der Waals surface area (Å²) in [5.41, 5.74) is -2.21. The Hall–Kier alpha value is -3.06. The third-order valence-electron chi connectivity index (χ3n) is 3.12. The molecule has 10 heteroatoms. The normalized spacial score (nSPS) is 20.3. The maximum absolute atomic E-state index is 12.3. The van der Waals surface area contributed by atoms with Crippen molar-refractivity contribution < 1.29 is 27.6 Å². The quantitative estimate of drug-likeness (QED) is 0.668. The van der Waals surface area contributed by atoms with Gasteiger partial charge in [0, 0.05) is 24.4 Å². The van der Waals surface area contributed by atoms with Crippen LogP contribution in [0, 0.1) is 21.4 Å². The van der Waals surface area contributed by atoms with Crippen molar-refractivity contribution in [1.82, 2.24) is 5.32 Å². The van der Waals surface area contributed by atoms with Crippen LogP contribution in [0.25, 0.3) is 5.70 Å². The van der Waals surface area contributed by atoms with Gasteiger partial charge in [0.1, 0.15) is 11.8 Å². The number of benzene rings is 1. The molecular weight excluding hydrogens is 331 g/mol. The highest BCUT2D eigenvalue weighted by Crippen LogP contribution is 2.30. The number of methoxy groups -OCH3 is 1. The maximum atomic E-state index is 12.3. The molecule has 1 aromatic carbocycles. The SMILES string of the molecule is COC1(C#N)NC(c2cccc(OC(F)(F)F)c2)=CC=C1[N+](=O)[O-]. The van der Waals surface area contributed by atoms with Crippen LogP contribution in [-0.2, 0) is 4.74 Å². The van der Waals surface area contributed by atoms with E-state index in [1.807, 2.05) is 0 Å². The molecule has 0 aromatic heterocycles. The fraction of sp³-hybridized carbons (Fsp3) is 0.214. The van der Waals surface area contributed by atoms with Crippen molar-refractivity contribution in [2.45, 2.75) is 12.1 Å². The minimum absolute atomic E-state index is 0.164. The smallest absolute Gasteiger partial charge is 0.406 e. The van der Waals surface area contributed by atoms with E-state index >= 15 is 0 Å². The monoisotopic (exact) mass is 341 g/mol. The number of allylic oxidation sites excluding steroid dienone is 2. The van der Waals surface area contributed by atoms with Gasteiger partial charge in [0.2, 0.25) is 0 Å². The van der Waals surface area contributed by atoms with Crippen molar-refractivity contribution >= 4 is 5.70 Å². The molecule has 0 aliphatic carbocycles. The number of nitro groups is 1. The molecular formula is C14H10F3N3O4. The second-order valence-electron chi connectivity index (χ2n) is 4.59. The summed E-state index contributed by atoms with van der Waals surface area (Å²) in [7, 11) is 1.10. The van der Waals surface area contributed by atoms with Gasteiger partial charge in [-0.2, -0.15) is 5.26 Å². The third kappa shape index (κ3) is 3.47. The molecule has 24 heavy (non-hydrogen) atoms. The Morgan fingerprint density at radius 1 is 1.38 bits per heavy atom. The highest BCUT2D eigenvalue weighted by molar-refractivity contribution is 5.69. The van der Waals surface area contributed by atoms with E-state index in [-0.39, 0.29) is 11.3 Å². The zero-order valence-corrected chi connectivity index (χ0v) is 12.1. The Morgan fingerprint density at radius 3 is 2.62 bits per heavy atom. The molecule has 0 bridgehead atoms. The second kappa shape index (κ2) is 6.21. The topological polar surface area (TPSA) is 97.4 Å². The van der Waals surface area contributed by atoms with E-state index in [1.165, 1.54) is 18.2 Å². The van der Waals surface area contributed by atoms with Crippen LogP contribution in [0.3, 0.4) is 0 Å². The first-order valence-electron chi connectivity index (χ1n) is 6.38. The van der Waals surface area contributed by atoms with Gasteiger partial charge < -0.3 is 14.8 Å². The van der Waals surface area contributed by atoms with Gasteiger partial charge in [-0.05, 0) is 18.2 Å². The Morgan fingerprint density at radius 2 is 2.08 bits per heavy atom. The maximum Gasteiger partial charge on any atom is 0.573 e. The molecule has 1 heterocycles. The number of rotatable bonds is 4.